The van der Waals surface area contributed by atoms with Crippen molar-refractivity contribution < 1.29 is 0 Å². The van der Waals surface area contributed by atoms with E-state index in [4.69, 9.17) is 0 Å². The van der Waals surface area contributed by atoms with Gasteiger partial charge in [-0.05, 0) is 13.0 Å². The van der Waals surface area contributed by atoms with E-state index in [-0.39, 0.29) is 0 Å². The molecule has 0 saturated heterocycles. The molecule has 0 spiro atoms. The molecule has 4 nitrogen and oxygen atoms in total. The Morgan fingerprint density at radius 1 is 1.55 bits per heavy atom. The molecule has 0 radical (unpaired) electrons. The highest BCUT2D eigenvalue weighted by Gasteiger charge is 1.99. The third-order valence-corrected chi connectivity index (χ3v) is 1.63. The molecule has 2 aromatic heterocycles. The molecule has 0 aliphatic rings. The van der Waals surface area contributed by atoms with Crippen molar-refractivity contribution in [2.75, 3.05) is 0 Å². The second-order valence-corrected chi connectivity index (χ2v) is 2.27. The topological polar surface area (TPSA) is 43.6 Å². The van der Waals surface area contributed by atoms with Crippen LogP contribution in [0.4, 0.5) is 0 Å². The molecule has 0 unspecified atom stereocenters. The lowest BCUT2D eigenvalue weighted by atomic mass is 10.5. The quantitative estimate of drug-likeness (QED) is 0.602. The third kappa shape index (κ3) is 0.869. The Labute approximate surface area is 63.9 Å². The van der Waals surface area contributed by atoms with Crippen LogP contribution in [0.2, 0.25) is 0 Å². The van der Waals surface area contributed by atoms with Gasteiger partial charge in [0.05, 0.1) is 12.5 Å². The van der Waals surface area contributed by atoms with Crippen molar-refractivity contribution in [1.82, 2.24) is 19.7 Å². The first kappa shape index (κ1) is 6.27. The van der Waals surface area contributed by atoms with Crippen LogP contribution in [0.25, 0.3) is 11.2 Å². The Morgan fingerprint density at radius 2 is 2.45 bits per heavy atom. The molecule has 0 amide bonds. The standard InChI is InChI=1S/C7H8N4/c1-2-11-5-8-6-3-4-9-10-7(6)11/h3-5H,2H2,1H3. The van der Waals surface area contributed by atoms with Gasteiger partial charge >= 0.3 is 0 Å². The summed E-state index contributed by atoms with van der Waals surface area (Å²) in [4.78, 5) is 4.15. The summed E-state index contributed by atoms with van der Waals surface area (Å²) in [6.45, 7) is 2.94. The molecule has 0 saturated carbocycles. The van der Waals surface area contributed by atoms with E-state index in [0.717, 1.165) is 17.7 Å². The summed E-state index contributed by atoms with van der Waals surface area (Å²) in [7, 11) is 0. The molecule has 0 fully saturated rings. The van der Waals surface area contributed by atoms with E-state index in [2.05, 4.69) is 22.1 Å². The molecule has 11 heavy (non-hydrogen) atoms. The molecular weight excluding hydrogens is 140 g/mol. The molecule has 0 N–H and O–H groups in total. The lowest BCUT2D eigenvalue weighted by molar-refractivity contribution is 0.770. The fraction of sp³-hybridized carbons (Fsp3) is 0.286. The lowest BCUT2D eigenvalue weighted by Gasteiger charge is -1.93. The number of nitrogens with zero attached hydrogens (tertiary/aromatic N) is 4. The number of rotatable bonds is 1. The summed E-state index contributed by atoms with van der Waals surface area (Å²) in [5.74, 6) is 0. The number of fused-ring (bicyclic) bond motifs is 1. The number of aryl methyl sites for hydroxylation is 1. The molecule has 4 heteroatoms. The smallest absolute Gasteiger partial charge is 0.182 e. The first-order valence-corrected chi connectivity index (χ1v) is 3.54. The van der Waals surface area contributed by atoms with E-state index in [9.17, 15) is 0 Å². The Balaban J connectivity index is 2.76. The van der Waals surface area contributed by atoms with Crippen molar-refractivity contribution in [1.29, 1.82) is 0 Å². The van der Waals surface area contributed by atoms with Gasteiger partial charge < -0.3 is 4.57 Å². The van der Waals surface area contributed by atoms with Crippen molar-refractivity contribution in [3.63, 3.8) is 0 Å². The highest BCUT2D eigenvalue weighted by Crippen LogP contribution is 2.05. The van der Waals surface area contributed by atoms with Gasteiger partial charge in [0.2, 0.25) is 0 Å². The van der Waals surface area contributed by atoms with E-state index in [1.807, 2.05) is 10.6 Å². The Bertz CT molecular complexity index is 365. The largest absolute Gasteiger partial charge is 0.314 e. The van der Waals surface area contributed by atoms with Crippen LogP contribution < -0.4 is 0 Å². The van der Waals surface area contributed by atoms with Gasteiger partial charge in [-0.15, -0.1) is 5.10 Å². The van der Waals surface area contributed by atoms with E-state index < -0.39 is 0 Å². The van der Waals surface area contributed by atoms with Crippen molar-refractivity contribution in [2.45, 2.75) is 13.5 Å². The molecule has 2 aromatic rings. The van der Waals surface area contributed by atoms with Crippen LogP contribution in [0, 0.1) is 0 Å². The average molecular weight is 148 g/mol. The SMILES string of the molecule is CCn1cnc2ccnnc21. The molecule has 0 atom stereocenters. The van der Waals surface area contributed by atoms with Crippen LogP contribution in [-0.4, -0.2) is 19.7 Å². The van der Waals surface area contributed by atoms with Gasteiger partial charge in [-0.2, -0.15) is 5.10 Å². The normalized spacial score (nSPS) is 10.6. The summed E-state index contributed by atoms with van der Waals surface area (Å²) < 4.78 is 1.96. The number of aromatic nitrogens is 4. The summed E-state index contributed by atoms with van der Waals surface area (Å²) >= 11 is 0. The fourth-order valence-corrected chi connectivity index (χ4v) is 1.04. The highest BCUT2D eigenvalue weighted by atomic mass is 15.2. The molecule has 2 heterocycles. The van der Waals surface area contributed by atoms with E-state index in [0.29, 0.717) is 0 Å². The first-order valence-electron chi connectivity index (χ1n) is 3.54. The van der Waals surface area contributed by atoms with E-state index in [1.165, 1.54) is 0 Å². The van der Waals surface area contributed by atoms with Crippen molar-refractivity contribution >= 4 is 11.2 Å². The van der Waals surface area contributed by atoms with Crippen LogP contribution in [0.3, 0.4) is 0 Å². The highest BCUT2D eigenvalue weighted by molar-refractivity contribution is 5.69. The van der Waals surface area contributed by atoms with E-state index in [1.54, 1.807) is 12.5 Å². The zero-order chi connectivity index (χ0) is 7.68. The van der Waals surface area contributed by atoms with Crippen LogP contribution in [-0.2, 0) is 6.54 Å². The van der Waals surface area contributed by atoms with Crippen LogP contribution >= 0.6 is 0 Å². The second-order valence-electron chi connectivity index (χ2n) is 2.27. The maximum Gasteiger partial charge on any atom is 0.182 e. The minimum absolute atomic E-state index is 0.856. The Kier molecular flexibility index (Phi) is 1.31. The Morgan fingerprint density at radius 3 is 3.27 bits per heavy atom. The molecule has 0 aliphatic carbocycles. The van der Waals surface area contributed by atoms with Gasteiger partial charge in [-0.3, -0.25) is 0 Å². The predicted octanol–water partition coefficient (Wildman–Crippen LogP) is 0.846. The number of hydrogen-bond acceptors (Lipinski definition) is 3. The zero-order valence-electron chi connectivity index (χ0n) is 6.23. The average Bonchev–Trinajstić information content (AvgIpc) is 2.47. The summed E-state index contributed by atoms with van der Waals surface area (Å²) in [6, 6.07) is 1.86. The summed E-state index contributed by atoms with van der Waals surface area (Å²) in [6.07, 6.45) is 3.43. The first-order chi connectivity index (χ1) is 5.42. The minimum atomic E-state index is 0.856. The maximum absolute atomic E-state index is 4.15. The van der Waals surface area contributed by atoms with Gasteiger partial charge in [0.15, 0.2) is 5.65 Å². The van der Waals surface area contributed by atoms with Crippen LogP contribution in [0.1, 0.15) is 6.92 Å². The van der Waals surface area contributed by atoms with Crippen molar-refractivity contribution in [3.8, 4) is 0 Å². The predicted molar refractivity (Wildman–Crippen MR) is 41.0 cm³/mol. The van der Waals surface area contributed by atoms with Gasteiger partial charge in [0.25, 0.3) is 0 Å². The molecule has 0 bridgehead atoms. The van der Waals surface area contributed by atoms with Crippen LogP contribution in [0.15, 0.2) is 18.6 Å². The molecule has 56 valence electrons. The zero-order valence-corrected chi connectivity index (χ0v) is 6.23. The van der Waals surface area contributed by atoms with E-state index >= 15 is 0 Å². The Hall–Kier alpha value is -1.45. The van der Waals surface area contributed by atoms with Crippen molar-refractivity contribution in [3.05, 3.63) is 18.6 Å². The minimum Gasteiger partial charge on any atom is -0.314 e. The molecule has 0 aliphatic heterocycles. The maximum atomic E-state index is 4.15. The van der Waals surface area contributed by atoms with Crippen molar-refractivity contribution in [2.24, 2.45) is 0 Å². The second kappa shape index (κ2) is 2.30. The molecule has 0 aromatic carbocycles. The summed E-state index contributed by atoms with van der Waals surface area (Å²) in [5, 5.41) is 7.75. The fourth-order valence-electron chi connectivity index (χ4n) is 1.04. The number of imidazole rings is 1. The number of hydrogen-bond donors (Lipinski definition) is 0. The summed E-state index contributed by atoms with van der Waals surface area (Å²) in [5.41, 5.74) is 1.76. The molecule has 2 rings (SSSR count). The van der Waals surface area contributed by atoms with Gasteiger partial charge in [0.1, 0.15) is 5.52 Å². The lowest BCUT2D eigenvalue weighted by Crippen LogP contribution is -1.93. The van der Waals surface area contributed by atoms with Gasteiger partial charge in [0, 0.05) is 6.54 Å². The van der Waals surface area contributed by atoms with Gasteiger partial charge in [-0.25, -0.2) is 4.98 Å². The van der Waals surface area contributed by atoms with Gasteiger partial charge in [-0.1, -0.05) is 0 Å². The molecular formula is C7H8N4. The third-order valence-electron chi connectivity index (χ3n) is 1.63. The van der Waals surface area contributed by atoms with Crippen LogP contribution in [0.5, 0.6) is 0 Å². The monoisotopic (exact) mass is 148 g/mol.